The number of nitrogens with zero attached hydrogens (tertiary/aromatic N) is 2. The van der Waals surface area contributed by atoms with Gasteiger partial charge in [-0.25, -0.2) is 4.98 Å². The molecule has 0 aromatic carbocycles. The molecule has 1 aliphatic heterocycles. The molecular weight excluding hydrogens is 266 g/mol. The van der Waals surface area contributed by atoms with E-state index in [1.807, 2.05) is 7.05 Å². The van der Waals surface area contributed by atoms with Crippen molar-refractivity contribution in [3.63, 3.8) is 0 Å². The normalized spacial score (nSPS) is 18.9. The van der Waals surface area contributed by atoms with Crippen molar-refractivity contribution >= 4 is 17.6 Å². The van der Waals surface area contributed by atoms with Crippen LogP contribution in [-0.2, 0) is 13.0 Å². The lowest BCUT2D eigenvalue weighted by molar-refractivity contribution is 0.634. The maximum atomic E-state index is 4.84. The largest absolute Gasteiger partial charge is 0.356 e. The van der Waals surface area contributed by atoms with Gasteiger partial charge in [-0.15, -0.1) is 0 Å². The molecule has 20 heavy (non-hydrogen) atoms. The minimum Gasteiger partial charge on any atom is -0.356 e. The molecule has 4 heteroatoms. The molecule has 0 radical (unpaired) electrons. The first-order chi connectivity index (χ1) is 9.54. The smallest absolute Gasteiger partial charge is 0.129 e. The predicted molar refractivity (Wildman–Crippen MR) is 89.7 cm³/mol. The Morgan fingerprint density at radius 3 is 2.85 bits per heavy atom. The van der Waals surface area contributed by atoms with Crippen LogP contribution in [0.5, 0.6) is 0 Å². The Kier molecular flexibility index (Phi) is 5.33. The summed E-state index contributed by atoms with van der Waals surface area (Å²) in [5.74, 6) is 2.35. The zero-order valence-electron chi connectivity index (χ0n) is 13.2. The van der Waals surface area contributed by atoms with Crippen LogP contribution in [-0.4, -0.2) is 35.6 Å². The van der Waals surface area contributed by atoms with Crippen LogP contribution >= 0.6 is 11.8 Å². The summed E-state index contributed by atoms with van der Waals surface area (Å²) in [6.07, 6.45) is 2.22. The minimum atomic E-state index is 0.394. The van der Waals surface area contributed by atoms with Gasteiger partial charge in [0.2, 0.25) is 0 Å². The molecule has 1 fully saturated rings. The average molecular weight is 293 g/mol. The van der Waals surface area contributed by atoms with Crippen molar-refractivity contribution in [3.05, 3.63) is 23.4 Å². The second kappa shape index (κ2) is 6.81. The lowest BCUT2D eigenvalue weighted by Gasteiger charge is -2.24. The first-order valence-corrected chi connectivity index (χ1v) is 8.56. The molecule has 0 unspecified atom stereocenters. The second-order valence-electron chi connectivity index (χ2n) is 6.05. The molecule has 1 saturated heterocycles. The quantitative estimate of drug-likeness (QED) is 0.923. The monoisotopic (exact) mass is 293 g/mol. The highest BCUT2D eigenvalue weighted by Crippen LogP contribution is 2.32. The number of hydrogen-bond acceptors (Lipinski definition) is 4. The van der Waals surface area contributed by atoms with Crippen molar-refractivity contribution in [2.45, 2.75) is 44.9 Å². The van der Waals surface area contributed by atoms with Crippen LogP contribution in [0.2, 0.25) is 0 Å². The molecule has 0 spiro atoms. The molecule has 1 aromatic rings. The molecular formula is C16H27N3S. The summed E-state index contributed by atoms with van der Waals surface area (Å²) in [4.78, 5) is 7.29. The zero-order valence-corrected chi connectivity index (χ0v) is 14.0. The Morgan fingerprint density at radius 2 is 2.15 bits per heavy atom. The third-order valence-electron chi connectivity index (χ3n) is 3.83. The fourth-order valence-electron chi connectivity index (χ4n) is 2.53. The van der Waals surface area contributed by atoms with Crippen LogP contribution < -0.4 is 10.2 Å². The van der Waals surface area contributed by atoms with E-state index in [-0.39, 0.29) is 0 Å². The SMILES string of the molecule is CCc1cc(CNC)cc(N2CCSC(C)(C)CC2)n1. The highest BCUT2D eigenvalue weighted by molar-refractivity contribution is 8.00. The molecule has 0 saturated carbocycles. The number of anilines is 1. The van der Waals surface area contributed by atoms with Crippen molar-refractivity contribution in [1.82, 2.24) is 10.3 Å². The van der Waals surface area contributed by atoms with Crippen molar-refractivity contribution in [2.75, 3.05) is 30.8 Å². The number of hydrogen-bond donors (Lipinski definition) is 1. The highest BCUT2D eigenvalue weighted by atomic mass is 32.2. The third kappa shape index (κ3) is 4.13. The Morgan fingerprint density at radius 1 is 1.35 bits per heavy atom. The Labute approximate surface area is 127 Å². The lowest BCUT2D eigenvalue weighted by atomic mass is 10.1. The second-order valence-corrected chi connectivity index (χ2v) is 7.86. The van der Waals surface area contributed by atoms with Crippen molar-refractivity contribution in [2.24, 2.45) is 0 Å². The molecule has 0 atom stereocenters. The summed E-state index contributed by atoms with van der Waals surface area (Å²) >= 11 is 2.08. The Balaban J connectivity index is 2.20. The zero-order chi connectivity index (χ0) is 14.6. The number of nitrogens with one attached hydrogen (secondary N) is 1. The molecule has 1 N–H and O–H groups in total. The molecule has 2 rings (SSSR count). The maximum absolute atomic E-state index is 4.84. The van der Waals surface area contributed by atoms with Crippen LogP contribution in [0.1, 0.15) is 38.4 Å². The average Bonchev–Trinajstić information content (AvgIpc) is 2.59. The summed E-state index contributed by atoms with van der Waals surface area (Å²) in [5, 5.41) is 3.24. The first-order valence-electron chi connectivity index (χ1n) is 7.57. The summed E-state index contributed by atoms with van der Waals surface area (Å²) < 4.78 is 0.394. The predicted octanol–water partition coefficient (Wildman–Crippen LogP) is 3.09. The van der Waals surface area contributed by atoms with Gasteiger partial charge in [-0.3, -0.25) is 0 Å². The van der Waals surface area contributed by atoms with E-state index < -0.39 is 0 Å². The van der Waals surface area contributed by atoms with Gasteiger partial charge in [0.25, 0.3) is 0 Å². The van der Waals surface area contributed by atoms with E-state index in [2.05, 4.69) is 54.9 Å². The van der Waals surface area contributed by atoms with E-state index in [1.165, 1.54) is 23.4 Å². The molecule has 0 amide bonds. The number of thioether (sulfide) groups is 1. The van der Waals surface area contributed by atoms with E-state index in [1.54, 1.807) is 0 Å². The van der Waals surface area contributed by atoms with E-state index in [4.69, 9.17) is 4.98 Å². The van der Waals surface area contributed by atoms with Crippen LogP contribution in [0.3, 0.4) is 0 Å². The summed E-state index contributed by atoms with van der Waals surface area (Å²) in [5.41, 5.74) is 2.54. The van der Waals surface area contributed by atoms with Crippen molar-refractivity contribution < 1.29 is 0 Å². The topological polar surface area (TPSA) is 28.2 Å². The van der Waals surface area contributed by atoms with Gasteiger partial charge in [-0.2, -0.15) is 11.8 Å². The van der Waals surface area contributed by atoms with Gasteiger partial charge in [0.05, 0.1) is 0 Å². The van der Waals surface area contributed by atoms with E-state index >= 15 is 0 Å². The van der Waals surface area contributed by atoms with Crippen molar-refractivity contribution in [1.29, 1.82) is 0 Å². The van der Waals surface area contributed by atoms with Crippen LogP contribution in [0.4, 0.5) is 5.82 Å². The van der Waals surface area contributed by atoms with Gasteiger partial charge in [0.1, 0.15) is 5.82 Å². The molecule has 1 aromatic heterocycles. The number of aromatic nitrogens is 1. The molecule has 2 heterocycles. The van der Waals surface area contributed by atoms with Gasteiger partial charge in [0, 0.05) is 35.8 Å². The van der Waals surface area contributed by atoms with Gasteiger partial charge in [0.15, 0.2) is 0 Å². The van der Waals surface area contributed by atoms with Gasteiger partial charge < -0.3 is 10.2 Å². The van der Waals surface area contributed by atoms with Crippen LogP contribution in [0.15, 0.2) is 12.1 Å². The summed E-state index contributed by atoms with van der Waals surface area (Å²) in [7, 11) is 2.00. The molecule has 1 aliphatic rings. The van der Waals surface area contributed by atoms with E-state index in [9.17, 15) is 0 Å². The Bertz CT molecular complexity index is 445. The maximum Gasteiger partial charge on any atom is 0.129 e. The lowest BCUT2D eigenvalue weighted by Crippen LogP contribution is -2.28. The summed E-state index contributed by atoms with van der Waals surface area (Å²) in [6.45, 7) is 10.0. The van der Waals surface area contributed by atoms with Crippen LogP contribution in [0.25, 0.3) is 0 Å². The molecule has 0 aliphatic carbocycles. The molecule has 0 bridgehead atoms. The Hall–Kier alpha value is -0.740. The number of aryl methyl sites for hydroxylation is 1. The van der Waals surface area contributed by atoms with Crippen molar-refractivity contribution in [3.8, 4) is 0 Å². The molecule has 3 nitrogen and oxygen atoms in total. The van der Waals surface area contributed by atoms with Gasteiger partial charge in [-0.05, 0) is 37.6 Å². The third-order valence-corrected chi connectivity index (χ3v) is 5.20. The van der Waals surface area contributed by atoms with E-state index in [0.29, 0.717) is 4.75 Å². The molecule has 112 valence electrons. The minimum absolute atomic E-state index is 0.394. The fourth-order valence-corrected chi connectivity index (χ4v) is 3.63. The fraction of sp³-hybridized carbons (Fsp3) is 0.688. The summed E-state index contributed by atoms with van der Waals surface area (Å²) in [6, 6.07) is 4.47. The van der Waals surface area contributed by atoms with E-state index in [0.717, 1.165) is 31.9 Å². The highest BCUT2D eigenvalue weighted by Gasteiger charge is 2.24. The van der Waals surface area contributed by atoms with Gasteiger partial charge >= 0.3 is 0 Å². The number of pyridine rings is 1. The number of rotatable bonds is 4. The van der Waals surface area contributed by atoms with Gasteiger partial charge in [-0.1, -0.05) is 20.8 Å². The first kappa shape index (κ1) is 15.6. The standard InChI is InChI=1S/C16H27N3S/c1-5-14-10-13(12-17-4)11-15(18-14)19-7-6-16(2,3)20-9-8-19/h10-11,17H,5-9,12H2,1-4H3. The van der Waals surface area contributed by atoms with Crippen LogP contribution in [0, 0.1) is 0 Å².